The number of esters is 1. The van der Waals surface area contributed by atoms with E-state index in [0.29, 0.717) is 25.3 Å². The zero-order valence-electron chi connectivity index (χ0n) is 21.0. The van der Waals surface area contributed by atoms with Gasteiger partial charge in [-0.1, -0.05) is 19.6 Å². The Balaban J connectivity index is 2.10. The van der Waals surface area contributed by atoms with E-state index in [2.05, 4.69) is 19.6 Å². The fourth-order valence-corrected chi connectivity index (χ4v) is 4.44. The van der Waals surface area contributed by atoms with Crippen LogP contribution in [0.2, 0.25) is 25.7 Å². The fourth-order valence-electron chi connectivity index (χ4n) is 3.68. The first-order valence-corrected chi connectivity index (χ1v) is 15.1. The highest BCUT2D eigenvalue weighted by molar-refractivity contribution is 6.76. The second-order valence-electron chi connectivity index (χ2n) is 10.7. The molecule has 1 aliphatic rings. The molecule has 1 aliphatic heterocycles. The molecule has 1 aromatic carbocycles. The average molecular weight is 482 g/mol. The largest absolute Gasteiger partial charge is 0.508 e. The van der Waals surface area contributed by atoms with Crippen molar-refractivity contribution >= 4 is 20.1 Å². The van der Waals surface area contributed by atoms with Crippen LogP contribution in [0.15, 0.2) is 18.2 Å². The highest BCUT2D eigenvalue weighted by Gasteiger charge is 2.39. The van der Waals surface area contributed by atoms with Crippen LogP contribution in [0.5, 0.6) is 11.5 Å². The van der Waals surface area contributed by atoms with Crippen LogP contribution in [0, 0.1) is 5.92 Å². The molecule has 0 saturated carbocycles. The molecular weight excluding hydrogens is 442 g/mol. The molecule has 1 amide bonds. The molecule has 186 valence electrons. The van der Waals surface area contributed by atoms with Crippen LogP contribution in [0.25, 0.3) is 0 Å². The Morgan fingerprint density at radius 1 is 1.18 bits per heavy atom. The van der Waals surface area contributed by atoms with Gasteiger partial charge in [0, 0.05) is 39.8 Å². The van der Waals surface area contributed by atoms with Crippen molar-refractivity contribution in [3.8, 4) is 11.5 Å². The first kappa shape index (κ1) is 27.0. The van der Waals surface area contributed by atoms with E-state index in [0.717, 1.165) is 11.6 Å². The molecule has 0 aromatic heterocycles. The van der Waals surface area contributed by atoms with Crippen molar-refractivity contribution in [1.82, 2.24) is 4.90 Å². The van der Waals surface area contributed by atoms with E-state index in [1.54, 1.807) is 26.8 Å². The van der Waals surface area contributed by atoms with E-state index in [1.165, 1.54) is 18.1 Å². The number of carbonyl (C=O) groups is 2. The van der Waals surface area contributed by atoms with Gasteiger partial charge in [-0.15, -0.1) is 0 Å². The highest BCUT2D eigenvalue weighted by atomic mass is 28.3. The molecular formula is C24H39NO7Si. The van der Waals surface area contributed by atoms with Crippen LogP contribution in [0.4, 0.5) is 4.79 Å². The van der Waals surface area contributed by atoms with E-state index < -0.39 is 31.7 Å². The summed E-state index contributed by atoms with van der Waals surface area (Å²) in [7, 11) is 0.156. The SMILES string of the molecule is COC(=O)C1CN(C(=O)OC(C)(C)C)CC[C@@H]1c1cc(O)cc(OCOCC[Si](C)(C)C)c1. The first-order chi connectivity index (χ1) is 15.3. The molecule has 8 nitrogen and oxygen atoms in total. The average Bonchev–Trinajstić information content (AvgIpc) is 2.70. The summed E-state index contributed by atoms with van der Waals surface area (Å²) in [6, 6.07) is 6.00. The van der Waals surface area contributed by atoms with Crippen LogP contribution in [0.3, 0.4) is 0 Å². The van der Waals surface area contributed by atoms with Gasteiger partial charge in [0.25, 0.3) is 0 Å². The zero-order valence-corrected chi connectivity index (χ0v) is 22.0. The second-order valence-corrected chi connectivity index (χ2v) is 16.3. The van der Waals surface area contributed by atoms with Gasteiger partial charge in [0.15, 0.2) is 6.79 Å². The maximum Gasteiger partial charge on any atom is 0.410 e. The minimum absolute atomic E-state index is 0.0442. The van der Waals surface area contributed by atoms with E-state index in [-0.39, 0.29) is 25.0 Å². The predicted molar refractivity (Wildman–Crippen MR) is 128 cm³/mol. The fraction of sp³-hybridized carbons (Fsp3) is 0.667. The number of phenols is 1. The van der Waals surface area contributed by atoms with Crippen LogP contribution >= 0.6 is 0 Å². The molecule has 1 aromatic rings. The summed E-state index contributed by atoms with van der Waals surface area (Å²) in [4.78, 5) is 26.7. The Morgan fingerprint density at radius 3 is 2.48 bits per heavy atom. The lowest BCUT2D eigenvalue weighted by molar-refractivity contribution is -0.148. The van der Waals surface area contributed by atoms with Crippen molar-refractivity contribution in [3.63, 3.8) is 0 Å². The van der Waals surface area contributed by atoms with Crippen molar-refractivity contribution in [2.45, 2.75) is 64.4 Å². The number of hydrogen-bond acceptors (Lipinski definition) is 7. The molecule has 1 heterocycles. The number of piperidine rings is 1. The number of benzene rings is 1. The van der Waals surface area contributed by atoms with Crippen LogP contribution in [-0.2, 0) is 19.0 Å². The molecule has 1 N–H and O–H groups in total. The quantitative estimate of drug-likeness (QED) is 0.251. The maximum atomic E-state index is 12.6. The third kappa shape index (κ3) is 8.89. The number of rotatable bonds is 8. The lowest BCUT2D eigenvalue weighted by Gasteiger charge is -2.38. The normalized spacial score (nSPS) is 19.2. The smallest absolute Gasteiger partial charge is 0.410 e. The number of nitrogens with zero attached hydrogens (tertiary/aromatic N) is 1. The molecule has 0 radical (unpaired) electrons. The third-order valence-corrected chi connectivity index (χ3v) is 7.12. The number of hydrogen-bond donors (Lipinski definition) is 1. The molecule has 1 unspecified atom stereocenters. The minimum atomic E-state index is -1.18. The Morgan fingerprint density at radius 2 is 1.88 bits per heavy atom. The number of methoxy groups -OCH3 is 1. The molecule has 2 atom stereocenters. The van der Waals surface area contributed by atoms with Gasteiger partial charge in [-0.2, -0.15) is 0 Å². The Labute approximate surface area is 198 Å². The van der Waals surface area contributed by atoms with E-state index in [1.807, 2.05) is 6.07 Å². The molecule has 0 aliphatic carbocycles. The van der Waals surface area contributed by atoms with Crippen molar-refractivity contribution < 1.29 is 33.6 Å². The molecule has 1 fully saturated rings. The van der Waals surface area contributed by atoms with Gasteiger partial charge in [0.05, 0.1) is 13.0 Å². The topological polar surface area (TPSA) is 94.5 Å². The number of ether oxygens (including phenoxy) is 4. The van der Waals surface area contributed by atoms with E-state index in [4.69, 9.17) is 18.9 Å². The highest BCUT2D eigenvalue weighted by Crippen LogP contribution is 2.37. The van der Waals surface area contributed by atoms with E-state index in [9.17, 15) is 14.7 Å². The van der Waals surface area contributed by atoms with Gasteiger partial charge >= 0.3 is 12.1 Å². The summed E-state index contributed by atoms with van der Waals surface area (Å²) in [5.74, 6) is -0.718. The van der Waals surface area contributed by atoms with Crippen molar-refractivity contribution in [3.05, 3.63) is 23.8 Å². The summed E-state index contributed by atoms with van der Waals surface area (Å²) in [5.41, 5.74) is 0.134. The van der Waals surface area contributed by atoms with Crippen molar-refractivity contribution in [2.75, 3.05) is 33.6 Å². The number of phenolic OH excluding ortho intramolecular Hbond substituents is 1. The summed E-state index contributed by atoms with van der Waals surface area (Å²) < 4.78 is 21.8. The lowest BCUT2D eigenvalue weighted by atomic mass is 9.80. The maximum absolute atomic E-state index is 12.6. The summed E-state index contributed by atoms with van der Waals surface area (Å²) >= 11 is 0. The molecule has 1 saturated heterocycles. The van der Waals surface area contributed by atoms with Crippen LogP contribution in [0.1, 0.15) is 38.7 Å². The molecule has 0 spiro atoms. The number of likely N-dealkylation sites (tertiary alicyclic amines) is 1. The number of amides is 1. The second kappa shape index (κ2) is 11.2. The van der Waals surface area contributed by atoms with Gasteiger partial charge < -0.3 is 29.0 Å². The third-order valence-electron chi connectivity index (χ3n) is 5.42. The summed E-state index contributed by atoms with van der Waals surface area (Å²) in [5, 5.41) is 10.3. The lowest BCUT2D eigenvalue weighted by Crippen LogP contribution is -2.47. The standard InChI is InChI=1S/C24H39NO7Si/c1-24(2,3)32-23(28)25-9-8-20(21(15-25)22(27)29-4)17-12-18(26)14-19(13-17)31-16-30-10-11-33(5,6)7/h12-14,20-21,26H,8-11,15-16H2,1-7H3/t20-,21?/m1/s1. The molecule has 2 rings (SSSR count). The Hall–Kier alpha value is -2.26. The predicted octanol–water partition coefficient (Wildman–Crippen LogP) is 4.60. The number of aromatic hydroxyl groups is 1. The van der Waals surface area contributed by atoms with Gasteiger partial charge in [0.2, 0.25) is 0 Å². The van der Waals surface area contributed by atoms with Gasteiger partial charge in [-0.3, -0.25) is 4.79 Å². The van der Waals surface area contributed by atoms with E-state index >= 15 is 0 Å². The van der Waals surface area contributed by atoms with Crippen molar-refractivity contribution in [2.24, 2.45) is 5.92 Å². The number of carbonyl (C=O) groups excluding carboxylic acids is 2. The van der Waals surface area contributed by atoms with Crippen LogP contribution in [-0.4, -0.2) is 69.3 Å². The molecule has 9 heteroatoms. The van der Waals surface area contributed by atoms with Crippen LogP contribution < -0.4 is 4.74 Å². The zero-order chi connectivity index (χ0) is 24.8. The summed E-state index contributed by atoms with van der Waals surface area (Å²) in [6.45, 7) is 13.6. The monoisotopic (exact) mass is 481 g/mol. The molecule has 0 bridgehead atoms. The van der Waals surface area contributed by atoms with Gasteiger partial charge in [-0.05, 0) is 50.9 Å². The van der Waals surface area contributed by atoms with Crippen molar-refractivity contribution in [1.29, 1.82) is 0 Å². The Kier molecular flexibility index (Phi) is 9.19. The minimum Gasteiger partial charge on any atom is -0.508 e. The van der Waals surface area contributed by atoms with Gasteiger partial charge in [-0.25, -0.2) is 4.79 Å². The Bertz CT molecular complexity index is 816. The first-order valence-electron chi connectivity index (χ1n) is 11.4. The summed E-state index contributed by atoms with van der Waals surface area (Å²) in [6.07, 6.45) is 0.0690. The van der Waals surface area contributed by atoms with Gasteiger partial charge in [0.1, 0.15) is 17.1 Å². The molecule has 33 heavy (non-hydrogen) atoms.